The number of aryl methyl sites for hydroxylation is 1. The van der Waals surface area contributed by atoms with Crippen molar-refractivity contribution in [2.24, 2.45) is 0 Å². The minimum atomic E-state index is -0.251. The highest BCUT2D eigenvalue weighted by molar-refractivity contribution is 9.10. The van der Waals surface area contributed by atoms with Gasteiger partial charge in [0.15, 0.2) is 0 Å². The molecule has 0 unspecified atom stereocenters. The van der Waals surface area contributed by atoms with Crippen molar-refractivity contribution in [3.05, 3.63) is 57.2 Å². The summed E-state index contributed by atoms with van der Waals surface area (Å²) in [4.78, 5) is 15.2. The number of rotatable bonds is 4. The lowest BCUT2D eigenvalue weighted by Crippen LogP contribution is -2.25. The second kappa shape index (κ2) is 5.82. The van der Waals surface area contributed by atoms with E-state index in [1.54, 1.807) is 17.0 Å². The molecule has 2 rings (SSSR count). The molecule has 0 atom stereocenters. The van der Waals surface area contributed by atoms with Crippen LogP contribution in [0.4, 0.5) is 0 Å². The highest BCUT2D eigenvalue weighted by atomic mass is 79.9. The van der Waals surface area contributed by atoms with E-state index in [0.717, 1.165) is 15.8 Å². The first kappa shape index (κ1) is 12.8. The number of halogens is 1. The zero-order valence-corrected chi connectivity index (χ0v) is 11.6. The molecular weight excluding hydrogens is 296 g/mol. The Kier molecular flexibility index (Phi) is 4.15. The van der Waals surface area contributed by atoms with Crippen LogP contribution in [0.1, 0.15) is 5.56 Å². The molecule has 0 spiro atoms. The Balaban J connectivity index is 1.96. The Labute approximate surface area is 113 Å². The molecule has 0 saturated carbocycles. The van der Waals surface area contributed by atoms with Gasteiger partial charge in [0.2, 0.25) is 0 Å². The second-order valence-electron chi connectivity index (χ2n) is 3.91. The molecule has 0 radical (unpaired) electrons. The first-order valence-corrected chi connectivity index (χ1v) is 6.36. The number of hydrogen-bond acceptors (Lipinski definition) is 3. The van der Waals surface area contributed by atoms with Gasteiger partial charge in [0.25, 0.3) is 0 Å². The number of hydrogen-bond donors (Lipinski definition) is 0. The van der Waals surface area contributed by atoms with Gasteiger partial charge in [0.05, 0.1) is 6.54 Å². The molecule has 0 N–H and O–H groups in total. The fraction of sp³-hybridized carbons (Fsp3) is 0.231. The number of nitrogens with zero attached hydrogens (tertiary/aromatic N) is 2. The summed E-state index contributed by atoms with van der Waals surface area (Å²) in [7, 11) is 0. The molecule has 0 amide bonds. The van der Waals surface area contributed by atoms with Crippen LogP contribution in [0.25, 0.3) is 0 Å². The fourth-order valence-electron chi connectivity index (χ4n) is 1.54. The summed E-state index contributed by atoms with van der Waals surface area (Å²) in [6.45, 7) is 2.82. The fourth-order valence-corrected chi connectivity index (χ4v) is 1.92. The molecule has 4 nitrogen and oxygen atoms in total. The van der Waals surface area contributed by atoms with Gasteiger partial charge in [-0.2, -0.15) is 0 Å². The molecule has 1 aromatic carbocycles. The molecule has 1 heterocycles. The number of aromatic nitrogens is 2. The lowest BCUT2D eigenvalue weighted by molar-refractivity contribution is 0.295. The molecule has 2 aromatic rings. The van der Waals surface area contributed by atoms with Crippen LogP contribution in [0.15, 0.2) is 45.9 Å². The minimum absolute atomic E-state index is 0.251. The van der Waals surface area contributed by atoms with Crippen LogP contribution >= 0.6 is 15.9 Å². The molecule has 0 saturated heterocycles. The maximum absolute atomic E-state index is 11.5. The summed E-state index contributed by atoms with van der Waals surface area (Å²) >= 11 is 3.37. The van der Waals surface area contributed by atoms with Crippen LogP contribution in [-0.2, 0) is 6.54 Å². The summed E-state index contributed by atoms with van der Waals surface area (Å²) in [5.74, 6) is 0.776. The van der Waals surface area contributed by atoms with Gasteiger partial charge in [0, 0.05) is 16.9 Å². The zero-order valence-electron chi connectivity index (χ0n) is 9.97. The Morgan fingerprint density at radius 2 is 2.28 bits per heavy atom. The molecule has 0 fully saturated rings. The van der Waals surface area contributed by atoms with Gasteiger partial charge in [0.1, 0.15) is 12.4 Å². The predicted molar refractivity (Wildman–Crippen MR) is 72.9 cm³/mol. The van der Waals surface area contributed by atoms with Gasteiger partial charge in [-0.25, -0.2) is 9.78 Å². The summed E-state index contributed by atoms with van der Waals surface area (Å²) in [6.07, 6.45) is 3.34. The summed E-state index contributed by atoms with van der Waals surface area (Å²) in [6, 6.07) is 7.60. The third-order valence-electron chi connectivity index (χ3n) is 2.38. The van der Waals surface area contributed by atoms with Gasteiger partial charge in [-0.15, -0.1) is 0 Å². The van der Waals surface area contributed by atoms with E-state index in [9.17, 15) is 4.79 Å². The summed E-state index contributed by atoms with van der Waals surface area (Å²) < 4.78 is 8.08. The van der Waals surface area contributed by atoms with Crippen molar-refractivity contribution in [3.63, 3.8) is 0 Å². The predicted octanol–water partition coefficient (Wildman–Crippen LogP) is 2.39. The van der Waals surface area contributed by atoms with Crippen molar-refractivity contribution < 1.29 is 4.74 Å². The average molecular weight is 309 g/mol. The van der Waals surface area contributed by atoms with Crippen molar-refractivity contribution in [1.82, 2.24) is 9.55 Å². The first-order chi connectivity index (χ1) is 8.65. The molecule has 18 heavy (non-hydrogen) atoms. The Morgan fingerprint density at radius 3 is 3.06 bits per heavy atom. The van der Waals surface area contributed by atoms with E-state index >= 15 is 0 Å². The van der Waals surface area contributed by atoms with Gasteiger partial charge in [-0.05, 0) is 30.7 Å². The van der Waals surface area contributed by atoms with Crippen LogP contribution < -0.4 is 10.4 Å². The van der Waals surface area contributed by atoms with Gasteiger partial charge in [-0.3, -0.25) is 4.57 Å². The van der Waals surface area contributed by atoms with E-state index in [-0.39, 0.29) is 5.69 Å². The maximum atomic E-state index is 11.5. The number of benzene rings is 1. The van der Waals surface area contributed by atoms with Gasteiger partial charge >= 0.3 is 5.69 Å². The van der Waals surface area contributed by atoms with Crippen molar-refractivity contribution >= 4 is 15.9 Å². The lowest BCUT2D eigenvalue weighted by Gasteiger charge is -2.08. The van der Waals surface area contributed by atoms with E-state index in [2.05, 4.69) is 20.9 Å². The van der Waals surface area contributed by atoms with Crippen molar-refractivity contribution in [2.45, 2.75) is 13.5 Å². The van der Waals surface area contributed by atoms with Gasteiger partial charge < -0.3 is 4.74 Å². The monoisotopic (exact) mass is 308 g/mol. The molecular formula is C13H13BrN2O2. The topological polar surface area (TPSA) is 44.1 Å². The van der Waals surface area contributed by atoms with Crippen LogP contribution in [-0.4, -0.2) is 16.2 Å². The van der Waals surface area contributed by atoms with E-state index in [0.29, 0.717) is 13.2 Å². The second-order valence-corrected chi connectivity index (χ2v) is 4.83. The Morgan fingerprint density at radius 1 is 1.44 bits per heavy atom. The first-order valence-electron chi connectivity index (χ1n) is 5.56. The van der Waals surface area contributed by atoms with Crippen LogP contribution in [0.3, 0.4) is 0 Å². The third-order valence-corrected chi connectivity index (χ3v) is 2.87. The molecule has 5 heteroatoms. The van der Waals surface area contributed by atoms with Crippen molar-refractivity contribution in [1.29, 1.82) is 0 Å². The standard InChI is InChI=1S/C13H13BrN2O2/c1-10-8-15-13(17)16(9-10)5-6-18-12-4-2-3-11(14)7-12/h2-4,7-9H,5-6H2,1H3. The van der Waals surface area contributed by atoms with Crippen LogP contribution in [0.5, 0.6) is 5.75 Å². The van der Waals surface area contributed by atoms with E-state index in [4.69, 9.17) is 4.74 Å². The number of ether oxygens (including phenoxy) is 1. The third kappa shape index (κ3) is 3.43. The minimum Gasteiger partial charge on any atom is -0.492 e. The van der Waals surface area contributed by atoms with Crippen molar-refractivity contribution in [2.75, 3.05) is 6.61 Å². The SMILES string of the molecule is Cc1cnc(=O)n(CCOc2cccc(Br)c2)c1. The summed E-state index contributed by atoms with van der Waals surface area (Å²) in [5, 5.41) is 0. The van der Waals surface area contributed by atoms with Gasteiger partial charge in [-0.1, -0.05) is 22.0 Å². The van der Waals surface area contributed by atoms with E-state index in [1.807, 2.05) is 31.2 Å². The molecule has 94 valence electrons. The van der Waals surface area contributed by atoms with Crippen molar-refractivity contribution in [3.8, 4) is 5.75 Å². The Hall–Kier alpha value is -1.62. The van der Waals surface area contributed by atoms with E-state index in [1.165, 1.54) is 0 Å². The zero-order chi connectivity index (χ0) is 13.0. The smallest absolute Gasteiger partial charge is 0.347 e. The molecule has 0 aliphatic carbocycles. The normalized spacial score (nSPS) is 10.3. The lowest BCUT2D eigenvalue weighted by atomic mass is 10.3. The van der Waals surface area contributed by atoms with Crippen LogP contribution in [0, 0.1) is 6.92 Å². The average Bonchev–Trinajstić information content (AvgIpc) is 2.34. The highest BCUT2D eigenvalue weighted by Gasteiger charge is 1.99. The highest BCUT2D eigenvalue weighted by Crippen LogP contribution is 2.17. The Bertz CT molecular complexity index is 596. The van der Waals surface area contributed by atoms with E-state index < -0.39 is 0 Å². The van der Waals surface area contributed by atoms with Crippen LogP contribution in [0.2, 0.25) is 0 Å². The molecule has 0 aliphatic heterocycles. The molecule has 0 aliphatic rings. The molecule has 1 aromatic heterocycles. The maximum Gasteiger partial charge on any atom is 0.347 e. The molecule has 0 bridgehead atoms. The summed E-state index contributed by atoms with van der Waals surface area (Å²) in [5.41, 5.74) is 0.704. The quantitative estimate of drug-likeness (QED) is 0.871. The largest absolute Gasteiger partial charge is 0.492 e.